The van der Waals surface area contributed by atoms with Gasteiger partial charge in [0.15, 0.2) is 0 Å². The molecule has 9 heavy (non-hydrogen) atoms. The molecule has 3 heteroatoms. The number of benzene rings is 1. The number of para-hydroxylation sites is 1. The number of hydrogen-bond donors (Lipinski definition) is 1. The number of phenolic OH excluding ortho intramolecular Hbond substituents is 1. The van der Waals surface area contributed by atoms with Gasteiger partial charge in [-0.2, -0.15) is 9.90 Å². The van der Waals surface area contributed by atoms with Crippen LogP contribution < -0.4 is 0 Å². The van der Waals surface area contributed by atoms with Crippen molar-refractivity contribution in [2.75, 3.05) is 0 Å². The Balaban J connectivity index is 0. The highest BCUT2D eigenvalue weighted by Gasteiger charge is 1.74. The van der Waals surface area contributed by atoms with Crippen LogP contribution in [0.1, 0.15) is 0 Å². The third-order valence-corrected chi connectivity index (χ3v) is 0.756. The molecule has 1 aromatic carbocycles. The smallest absolute Gasteiger partial charge is 0.115 e. The molecule has 52 valence electrons. The SMILES string of the molecule is Br.Oc1ccccc1.P. The fraction of sp³-hybridized carbons (Fsp3) is 0. The third-order valence-electron chi connectivity index (χ3n) is 0.756. The molecule has 1 N–H and O–H groups in total. The molecule has 1 rings (SSSR count). The van der Waals surface area contributed by atoms with Crippen molar-refractivity contribution in [3.05, 3.63) is 30.3 Å². The maximum atomic E-state index is 8.63. The Bertz CT molecular complexity index is 143. The van der Waals surface area contributed by atoms with Crippen molar-refractivity contribution in [3.63, 3.8) is 0 Å². The zero-order valence-electron chi connectivity index (χ0n) is 4.95. The van der Waals surface area contributed by atoms with Gasteiger partial charge in [0.05, 0.1) is 0 Å². The van der Waals surface area contributed by atoms with Gasteiger partial charge in [-0.3, -0.25) is 0 Å². The summed E-state index contributed by atoms with van der Waals surface area (Å²) < 4.78 is 0. The molecule has 0 aliphatic rings. The summed E-state index contributed by atoms with van der Waals surface area (Å²) in [5.41, 5.74) is 0. The molecule has 0 aliphatic carbocycles. The maximum absolute atomic E-state index is 8.63. The van der Waals surface area contributed by atoms with E-state index in [9.17, 15) is 0 Å². The minimum atomic E-state index is 0. The van der Waals surface area contributed by atoms with Gasteiger partial charge in [0.25, 0.3) is 0 Å². The summed E-state index contributed by atoms with van der Waals surface area (Å²) in [7, 11) is 0. The van der Waals surface area contributed by atoms with Crippen molar-refractivity contribution in [1.82, 2.24) is 0 Å². The summed E-state index contributed by atoms with van der Waals surface area (Å²) >= 11 is 0. The molecule has 0 saturated carbocycles. The van der Waals surface area contributed by atoms with E-state index >= 15 is 0 Å². The molecule has 0 radical (unpaired) electrons. The molecule has 0 fully saturated rings. The van der Waals surface area contributed by atoms with Crippen molar-refractivity contribution in [3.8, 4) is 5.75 Å². The second kappa shape index (κ2) is 6.06. The van der Waals surface area contributed by atoms with Gasteiger partial charge >= 0.3 is 0 Å². The Kier molecular flexibility index (Phi) is 7.87. The van der Waals surface area contributed by atoms with Crippen LogP contribution in [0.5, 0.6) is 5.75 Å². The molecule has 0 aliphatic heterocycles. The molecule has 0 saturated heterocycles. The van der Waals surface area contributed by atoms with Crippen LogP contribution in [0.3, 0.4) is 0 Å². The van der Waals surface area contributed by atoms with Crippen molar-refractivity contribution in [1.29, 1.82) is 0 Å². The highest BCUT2D eigenvalue weighted by Crippen LogP contribution is 2.02. The first-order chi connectivity index (χ1) is 3.39. The molecular formula is C6H10BrOP. The Labute approximate surface area is 68.5 Å². The fourth-order valence-electron chi connectivity index (χ4n) is 0.428. The second-order valence-corrected chi connectivity index (χ2v) is 1.34. The highest BCUT2D eigenvalue weighted by atomic mass is 79.9. The van der Waals surface area contributed by atoms with E-state index in [1.165, 1.54) is 0 Å². The van der Waals surface area contributed by atoms with Gasteiger partial charge < -0.3 is 5.11 Å². The first-order valence-corrected chi connectivity index (χ1v) is 2.13. The summed E-state index contributed by atoms with van der Waals surface area (Å²) in [6.07, 6.45) is 0. The lowest BCUT2D eigenvalue weighted by molar-refractivity contribution is 0.475. The van der Waals surface area contributed by atoms with E-state index in [2.05, 4.69) is 0 Å². The fourth-order valence-corrected chi connectivity index (χ4v) is 0.428. The van der Waals surface area contributed by atoms with Gasteiger partial charge in [0.1, 0.15) is 5.75 Å². The molecule has 0 heterocycles. The van der Waals surface area contributed by atoms with Crippen molar-refractivity contribution in [2.24, 2.45) is 0 Å². The van der Waals surface area contributed by atoms with Crippen LogP contribution in [0.2, 0.25) is 0 Å². The first-order valence-electron chi connectivity index (χ1n) is 2.13. The van der Waals surface area contributed by atoms with Crippen molar-refractivity contribution in [2.45, 2.75) is 0 Å². The van der Waals surface area contributed by atoms with E-state index in [0.29, 0.717) is 5.75 Å². The number of phenols is 1. The highest BCUT2D eigenvalue weighted by molar-refractivity contribution is 8.93. The van der Waals surface area contributed by atoms with E-state index < -0.39 is 0 Å². The van der Waals surface area contributed by atoms with Gasteiger partial charge in [-0.1, -0.05) is 18.2 Å². The Hall–Kier alpha value is -0.0700. The first kappa shape index (κ1) is 11.7. The summed E-state index contributed by atoms with van der Waals surface area (Å²) in [5, 5.41) is 8.63. The molecule has 1 nitrogen and oxygen atoms in total. The predicted molar refractivity (Wildman–Crippen MR) is 49.5 cm³/mol. The normalized spacial score (nSPS) is 6.67. The Morgan fingerprint density at radius 1 is 1.00 bits per heavy atom. The lowest BCUT2D eigenvalue weighted by atomic mass is 10.3. The Morgan fingerprint density at radius 2 is 1.44 bits per heavy atom. The van der Waals surface area contributed by atoms with Crippen LogP contribution in [0.25, 0.3) is 0 Å². The molecule has 1 unspecified atom stereocenters. The molecule has 0 spiro atoms. The van der Waals surface area contributed by atoms with Crippen LogP contribution in [0.15, 0.2) is 30.3 Å². The van der Waals surface area contributed by atoms with Gasteiger partial charge in [0, 0.05) is 0 Å². The summed E-state index contributed by atoms with van der Waals surface area (Å²) in [6.45, 7) is 0. The quantitative estimate of drug-likeness (QED) is 0.648. The van der Waals surface area contributed by atoms with E-state index in [0.717, 1.165) is 0 Å². The zero-order valence-corrected chi connectivity index (χ0v) is 8.08. The number of rotatable bonds is 0. The van der Waals surface area contributed by atoms with Crippen LogP contribution in [0, 0.1) is 0 Å². The van der Waals surface area contributed by atoms with E-state index in [4.69, 9.17) is 5.11 Å². The molecule has 0 amide bonds. The number of aromatic hydroxyl groups is 1. The predicted octanol–water partition coefficient (Wildman–Crippen LogP) is 2.03. The topological polar surface area (TPSA) is 20.2 Å². The van der Waals surface area contributed by atoms with Crippen LogP contribution in [-0.4, -0.2) is 5.11 Å². The van der Waals surface area contributed by atoms with Gasteiger partial charge in [-0.15, -0.1) is 17.0 Å². The summed E-state index contributed by atoms with van der Waals surface area (Å²) in [5.74, 6) is 0.322. The standard InChI is InChI=1S/C6H6O.BrH.H3P/c7-6-4-2-1-3-5-6;;/h1-5,7H;1H;1H3. The molecule has 0 bridgehead atoms. The third kappa shape index (κ3) is 4.43. The molecule has 0 aromatic heterocycles. The summed E-state index contributed by atoms with van der Waals surface area (Å²) in [4.78, 5) is 0. The van der Waals surface area contributed by atoms with Crippen molar-refractivity contribution < 1.29 is 5.11 Å². The zero-order chi connectivity index (χ0) is 5.11. The lowest BCUT2D eigenvalue weighted by Crippen LogP contribution is -1.56. The van der Waals surface area contributed by atoms with E-state index in [-0.39, 0.29) is 26.9 Å². The molecular weight excluding hydrogens is 199 g/mol. The van der Waals surface area contributed by atoms with Gasteiger partial charge in [-0.05, 0) is 12.1 Å². The van der Waals surface area contributed by atoms with Crippen LogP contribution >= 0.6 is 26.9 Å². The van der Waals surface area contributed by atoms with Gasteiger partial charge in [0.2, 0.25) is 0 Å². The lowest BCUT2D eigenvalue weighted by Gasteiger charge is -1.82. The minimum absolute atomic E-state index is 0. The van der Waals surface area contributed by atoms with Crippen LogP contribution in [-0.2, 0) is 0 Å². The average molecular weight is 209 g/mol. The van der Waals surface area contributed by atoms with Crippen molar-refractivity contribution >= 4 is 26.9 Å². The number of halogens is 1. The van der Waals surface area contributed by atoms with E-state index in [1.807, 2.05) is 6.07 Å². The average Bonchev–Trinajstić information content (AvgIpc) is 1.69. The Morgan fingerprint density at radius 3 is 1.67 bits per heavy atom. The maximum Gasteiger partial charge on any atom is 0.115 e. The number of hydrogen-bond acceptors (Lipinski definition) is 1. The summed E-state index contributed by atoms with van der Waals surface area (Å²) in [6, 6.07) is 8.71. The van der Waals surface area contributed by atoms with Crippen LogP contribution in [0.4, 0.5) is 0 Å². The largest absolute Gasteiger partial charge is 0.508 e. The molecule has 1 aromatic rings. The molecule has 1 atom stereocenters. The minimum Gasteiger partial charge on any atom is -0.508 e. The monoisotopic (exact) mass is 208 g/mol. The van der Waals surface area contributed by atoms with E-state index in [1.54, 1.807) is 24.3 Å². The second-order valence-electron chi connectivity index (χ2n) is 1.34. The van der Waals surface area contributed by atoms with Gasteiger partial charge in [-0.25, -0.2) is 0 Å².